The maximum absolute atomic E-state index is 3.57. The molecule has 0 saturated heterocycles. The predicted molar refractivity (Wildman–Crippen MR) is 55.2 cm³/mol. The summed E-state index contributed by atoms with van der Waals surface area (Å²) < 4.78 is 1.27. The number of benzene rings is 1. The van der Waals surface area contributed by atoms with Gasteiger partial charge in [-0.2, -0.15) is 0 Å². The number of hydrogen-bond donors (Lipinski definition) is 0. The van der Waals surface area contributed by atoms with Crippen molar-refractivity contribution in [2.24, 2.45) is 5.92 Å². The lowest BCUT2D eigenvalue weighted by molar-refractivity contribution is 0.725. The minimum absolute atomic E-state index is 1.04. The molecule has 0 amide bonds. The maximum atomic E-state index is 3.57. The normalized spacial score (nSPS) is 16.4. The van der Waals surface area contributed by atoms with Crippen LogP contribution in [0.5, 0.6) is 0 Å². The molecule has 0 bridgehead atoms. The first-order valence-corrected chi connectivity index (χ1v) is 5.39. The molecule has 0 spiro atoms. The smallest absolute Gasteiger partial charge is 0.0207 e. The van der Waals surface area contributed by atoms with Crippen molar-refractivity contribution in [3.8, 4) is 0 Å². The monoisotopic (exact) mass is 224 g/mol. The van der Waals surface area contributed by atoms with E-state index < -0.39 is 0 Å². The van der Waals surface area contributed by atoms with E-state index in [1.165, 1.54) is 35.7 Å². The molecule has 1 aromatic carbocycles. The molecule has 0 heterocycles. The minimum atomic E-state index is 1.04. The molecule has 1 saturated carbocycles. The van der Waals surface area contributed by atoms with Crippen molar-refractivity contribution in [1.29, 1.82) is 0 Å². The van der Waals surface area contributed by atoms with Crippen LogP contribution < -0.4 is 0 Å². The van der Waals surface area contributed by atoms with E-state index in [1.807, 2.05) is 0 Å². The molecule has 0 radical (unpaired) electrons. The predicted octanol–water partition coefficient (Wildman–Crippen LogP) is 3.79. The molecule has 1 heteroatoms. The molecule has 2 rings (SSSR count). The van der Waals surface area contributed by atoms with Gasteiger partial charge in [0.25, 0.3) is 0 Å². The third-order valence-corrected chi connectivity index (χ3v) is 3.25. The molecule has 1 aliphatic rings. The summed E-state index contributed by atoms with van der Waals surface area (Å²) in [7, 11) is 0. The van der Waals surface area contributed by atoms with E-state index in [2.05, 4.69) is 40.2 Å². The zero-order valence-electron chi connectivity index (χ0n) is 7.09. The fourth-order valence-electron chi connectivity index (χ4n) is 1.47. The maximum Gasteiger partial charge on any atom is 0.0207 e. The summed E-state index contributed by atoms with van der Waals surface area (Å²) in [6.45, 7) is 0. The highest BCUT2D eigenvalue weighted by atomic mass is 79.9. The van der Waals surface area contributed by atoms with Gasteiger partial charge in [-0.25, -0.2) is 0 Å². The average molecular weight is 225 g/mol. The van der Waals surface area contributed by atoms with Gasteiger partial charge in [0.2, 0.25) is 0 Å². The summed E-state index contributed by atoms with van der Waals surface area (Å²) in [6, 6.07) is 8.53. The van der Waals surface area contributed by atoms with Crippen molar-refractivity contribution >= 4 is 15.9 Å². The van der Waals surface area contributed by atoms with E-state index in [0.29, 0.717) is 0 Å². The Morgan fingerprint density at radius 3 is 2.67 bits per heavy atom. The molecule has 1 aromatic rings. The first kappa shape index (κ1) is 8.31. The van der Waals surface area contributed by atoms with Crippen LogP contribution in [0.15, 0.2) is 28.7 Å². The summed E-state index contributed by atoms with van der Waals surface area (Å²) in [5.74, 6) is 1.04. The lowest BCUT2D eigenvalue weighted by Crippen LogP contribution is -1.87. The van der Waals surface area contributed by atoms with Crippen molar-refractivity contribution in [1.82, 2.24) is 0 Å². The molecule has 1 fully saturated rings. The van der Waals surface area contributed by atoms with Crippen LogP contribution >= 0.6 is 15.9 Å². The number of aryl methyl sites for hydroxylation is 1. The second-order valence-electron chi connectivity index (χ2n) is 3.57. The molecular weight excluding hydrogens is 212 g/mol. The van der Waals surface area contributed by atoms with Crippen LogP contribution in [0.1, 0.15) is 24.8 Å². The number of rotatable bonds is 3. The Hall–Kier alpha value is -0.300. The van der Waals surface area contributed by atoms with Crippen molar-refractivity contribution < 1.29 is 0 Å². The average Bonchev–Trinajstić information content (AvgIpc) is 2.86. The van der Waals surface area contributed by atoms with Gasteiger partial charge in [0.05, 0.1) is 0 Å². The van der Waals surface area contributed by atoms with Crippen LogP contribution in [-0.2, 0) is 6.42 Å². The Labute approximate surface area is 82.1 Å². The summed E-state index contributed by atoms with van der Waals surface area (Å²) in [5, 5.41) is 0. The Morgan fingerprint density at radius 1 is 1.25 bits per heavy atom. The summed E-state index contributed by atoms with van der Waals surface area (Å²) in [5.41, 5.74) is 1.46. The zero-order valence-corrected chi connectivity index (χ0v) is 8.68. The Kier molecular flexibility index (Phi) is 2.50. The first-order valence-electron chi connectivity index (χ1n) is 4.59. The number of halogens is 1. The molecule has 0 atom stereocenters. The SMILES string of the molecule is Brc1ccccc1CCC1CC1. The lowest BCUT2D eigenvalue weighted by atomic mass is 10.1. The molecule has 1 aliphatic carbocycles. The largest absolute Gasteiger partial charge is 0.0619 e. The van der Waals surface area contributed by atoms with Gasteiger partial charge in [-0.1, -0.05) is 47.0 Å². The van der Waals surface area contributed by atoms with Gasteiger partial charge < -0.3 is 0 Å². The van der Waals surface area contributed by atoms with Crippen molar-refractivity contribution in [3.05, 3.63) is 34.3 Å². The molecule has 0 N–H and O–H groups in total. The van der Waals surface area contributed by atoms with E-state index in [0.717, 1.165) is 5.92 Å². The second-order valence-corrected chi connectivity index (χ2v) is 4.43. The van der Waals surface area contributed by atoms with Crippen LogP contribution in [0.3, 0.4) is 0 Å². The van der Waals surface area contributed by atoms with Gasteiger partial charge in [0, 0.05) is 4.47 Å². The Morgan fingerprint density at radius 2 is 2.00 bits per heavy atom. The molecular formula is C11H13Br. The van der Waals surface area contributed by atoms with Crippen LogP contribution in [0.2, 0.25) is 0 Å². The van der Waals surface area contributed by atoms with E-state index in [4.69, 9.17) is 0 Å². The molecule has 64 valence electrons. The van der Waals surface area contributed by atoms with E-state index in [1.54, 1.807) is 0 Å². The topological polar surface area (TPSA) is 0 Å². The van der Waals surface area contributed by atoms with Gasteiger partial charge in [0.15, 0.2) is 0 Å². The quantitative estimate of drug-likeness (QED) is 0.734. The van der Waals surface area contributed by atoms with Gasteiger partial charge in [-0.15, -0.1) is 0 Å². The highest BCUT2D eigenvalue weighted by molar-refractivity contribution is 9.10. The lowest BCUT2D eigenvalue weighted by Gasteiger charge is -2.02. The van der Waals surface area contributed by atoms with Crippen molar-refractivity contribution in [2.75, 3.05) is 0 Å². The molecule has 0 aromatic heterocycles. The molecule has 12 heavy (non-hydrogen) atoms. The molecule has 0 aliphatic heterocycles. The molecule has 0 nitrogen and oxygen atoms in total. The van der Waals surface area contributed by atoms with Gasteiger partial charge >= 0.3 is 0 Å². The van der Waals surface area contributed by atoms with Gasteiger partial charge in [-0.3, -0.25) is 0 Å². The third kappa shape index (κ3) is 2.10. The summed E-state index contributed by atoms with van der Waals surface area (Å²) in [6.07, 6.45) is 5.55. The Balaban J connectivity index is 1.96. The third-order valence-electron chi connectivity index (χ3n) is 2.48. The highest BCUT2D eigenvalue weighted by Gasteiger charge is 2.20. The van der Waals surface area contributed by atoms with Crippen LogP contribution in [0, 0.1) is 5.92 Å². The zero-order chi connectivity index (χ0) is 8.39. The summed E-state index contributed by atoms with van der Waals surface area (Å²) in [4.78, 5) is 0. The fraction of sp³-hybridized carbons (Fsp3) is 0.455. The Bertz CT molecular complexity index is 263. The van der Waals surface area contributed by atoms with E-state index in [-0.39, 0.29) is 0 Å². The van der Waals surface area contributed by atoms with Crippen LogP contribution in [0.4, 0.5) is 0 Å². The van der Waals surface area contributed by atoms with E-state index >= 15 is 0 Å². The molecule has 0 unspecified atom stereocenters. The first-order chi connectivity index (χ1) is 5.86. The van der Waals surface area contributed by atoms with Gasteiger partial charge in [0.1, 0.15) is 0 Å². The van der Waals surface area contributed by atoms with Crippen molar-refractivity contribution in [3.63, 3.8) is 0 Å². The van der Waals surface area contributed by atoms with Crippen molar-refractivity contribution in [2.45, 2.75) is 25.7 Å². The second kappa shape index (κ2) is 3.61. The summed E-state index contributed by atoms with van der Waals surface area (Å²) >= 11 is 3.57. The van der Waals surface area contributed by atoms with E-state index in [9.17, 15) is 0 Å². The fourth-order valence-corrected chi connectivity index (χ4v) is 1.95. The number of hydrogen-bond acceptors (Lipinski definition) is 0. The van der Waals surface area contributed by atoms with Gasteiger partial charge in [-0.05, 0) is 30.4 Å². The standard InChI is InChI=1S/C11H13Br/c12-11-4-2-1-3-10(11)8-7-9-5-6-9/h1-4,9H,5-8H2. The van der Waals surface area contributed by atoms with Crippen LogP contribution in [-0.4, -0.2) is 0 Å². The van der Waals surface area contributed by atoms with Crippen LogP contribution in [0.25, 0.3) is 0 Å². The minimum Gasteiger partial charge on any atom is -0.0619 e. The highest BCUT2D eigenvalue weighted by Crippen LogP contribution is 2.34.